The molecule has 3 nitrogen and oxygen atoms in total. The number of aryl methyl sites for hydroxylation is 1. The van der Waals surface area contributed by atoms with Crippen LogP contribution in [0, 0.1) is 6.92 Å². The molecule has 0 aliphatic rings. The van der Waals surface area contributed by atoms with Gasteiger partial charge in [-0.2, -0.15) is 0 Å². The Morgan fingerprint density at radius 1 is 1.18 bits per heavy atom. The normalized spacial score (nSPS) is 11.9. The molecule has 0 aromatic heterocycles. The molecular formula is C17H15BrO3S. The summed E-state index contributed by atoms with van der Waals surface area (Å²) < 4.78 is 0.882. The first-order chi connectivity index (χ1) is 10.5. The van der Waals surface area contributed by atoms with Gasteiger partial charge in [-0.05, 0) is 31.2 Å². The van der Waals surface area contributed by atoms with E-state index >= 15 is 0 Å². The summed E-state index contributed by atoms with van der Waals surface area (Å²) in [6.45, 7) is 1.95. The second-order valence-corrected chi connectivity index (χ2v) is 7.09. The minimum atomic E-state index is -0.975. The van der Waals surface area contributed by atoms with Crippen molar-refractivity contribution in [1.29, 1.82) is 0 Å². The molecule has 0 aliphatic heterocycles. The minimum Gasteiger partial charge on any atom is -0.480 e. The van der Waals surface area contributed by atoms with E-state index in [9.17, 15) is 14.7 Å². The lowest BCUT2D eigenvalue weighted by Crippen LogP contribution is -2.20. The van der Waals surface area contributed by atoms with Crippen molar-refractivity contribution in [2.75, 3.05) is 0 Å². The Morgan fingerprint density at radius 3 is 2.45 bits per heavy atom. The van der Waals surface area contributed by atoms with Crippen molar-refractivity contribution >= 4 is 39.4 Å². The number of benzene rings is 2. The molecule has 0 bridgehead atoms. The maximum atomic E-state index is 12.2. The Balaban J connectivity index is 2.10. The highest BCUT2D eigenvalue weighted by Gasteiger charge is 2.23. The topological polar surface area (TPSA) is 54.4 Å². The number of hydrogen-bond donors (Lipinski definition) is 1. The molecule has 2 rings (SSSR count). The van der Waals surface area contributed by atoms with Crippen molar-refractivity contribution in [2.45, 2.75) is 23.5 Å². The Hall–Kier alpha value is -1.59. The van der Waals surface area contributed by atoms with E-state index in [1.54, 1.807) is 24.3 Å². The molecule has 1 N–H and O–H groups in total. The van der Waals surface area contributed by atoms with Crippen molar-refractivity contribution in [1.82, 2.24) is 0 Å². The highest BCUT2D eigenvalue weighted by molar-refractivity contribution is 9.10. The van der Waals surface area contributed by atoms with Gasteiger partial charge in [-0.25, -0.2) is 0 Å². The van der Waals surface area contributed by atoms with Crippen molar-refractivity contribution in [3.8, 4) is 0 Å². The Labute approximate surface area is 141 Å². The van der Waals surface area contributed by atoms with E-state index in [0.717, 1.165) is 14.9 Å². The van der Waals surface area contributed by atoms with E-state index in [2.05, 4.69) is 15.9 Å². The Morgan fingerprint density at radius 2 is 1.86 bits per heavy atom. The third-order valence-electron chi connectivity index (χ3n) is 3.08. The lowest BCUT2D eigenvalue weighted by atomic mass is 10.1. The third-order valence-corrected chi connectivity index (χ3v) is 4.79. The number of carbonyl (C=O) groups is 2. The molecule has 0 amide bonds. The molecule has 5 heteroatoms. The number of carboxylic acids is 1. The van der Waals surface area contributed by atoms with Crippen molar-refractivity contribution < 1.29 is 14.7 Å². The predicted molar refractivity (Wildman–Crippen MR) is 91.5 cm³/mol. The quantitative estimate of drug-likeness (QED) is 0.590. The second-order valence-electron chi connectivity index (χ2n) is 4.90. The number of thioether (sulfide) groups is 1. The molecule has 0 unspecified atom stereocenters. The molecule has 2 aromatic rings. The summed E-state index contributed by atoms with van der Waals surface area (Å²) in [5.41, 5.74) is 1.59. The zero-order chi connectivity index (χ0) is 16.1. The number of carbonyl (C=O) groups excluding carboxylic acids is 1. The smallest absolute Gasteiger partial charge is 0.317 e. The standard InChI is InChI=1S/C17H15BrO3S/c1-11-3-2-4-14(9-11)22-16(17(20)21)10-15(19)12-5-7-13(18)8-6-12/h2-9,16H,10H2,1H3,(H,20,21)/t16-/m1/s1. The third kappa shape index (κ3) is 4.71. The molecular weight excluding hydrogens is 364 g/mol. The van der Waals surface area contributed by atoms with Crippen molar-refractivity contribution in [2.24, 2.45) is 0 Å². The van der Waals surface area contributed by atoms with E-state index in [0.29, 0.717) is 5.56 Å². The molecule has 22 heavy (non-hydrogen) atoms. The van der Waals surface area contributed by atoms with Crippen LogP contribution in [0.25, 0.3) is 0 Å². The number of rotatable bonds is 6. The predicted octanol–water partition coefficient (Wildman–Crippen LogP) is 4.58. The molecule has 0 saturated carbocycles. The van der Waals surface area contributed by atoms with Gasteiger partial charge in [0.15, 0.2) is 5.78 Å². The van der Waals surface area contributed by atoms with Gasteiger partial charge in [0.2, 0.25) is 0 Å². The van der Waals surface area contributed by atoms with Crippen LogP contribution in [0.5, 0.6) is 0 Å². The maximum Gasteiger partial charge on any atom is 0.317 e. The van der Waals surface area contributed by atoms with Crippen LogP contribution in [0.3, 0.4) is 0 Å². The highest BCUT2D eigenvalue weighted by Crippen LogP contribution is 2.27. The van der Waals surface area contributed by atoms with E-state index in [1.807, 2.05) is 31.2 Å². The number of halogens is 1. The first-order valence-electron chi connectivity index (χ1n) is 6.70. The number of ketones is 1. The second kappa shape index (κ2) is 7.61. The van der Waals surface area contributed by atoms with Crippen LogP contribution in [0.15, 0.2) is 57.9 Å². The van der Waals surface area contributed by atoms with Gasteiger partial charge in [0.1, 0.15) is 5.25 Å². The fourth-order valence-corrected chi connectivity index (χ4v) is 3.29. The first-order valence-corrected chi connectivity index (χ1v) is 8.38. The SMILES string of the molecule is Cc1cccc(S[C@H](CC(=O)c2ccc(Br)cc2)C(=O)O)c1. The molecule has 0 radical (unpaired) electrons. The summed E-state index contributed by atoms with van der Waals surface area (Å²) >= 11 is 4.52. The van der Waals surface area contributed by atoms with Gasteiger partial charge in [0, 0.05) is 21.4 Å². The summed E-state index contributed by atoms with van der Waals surface area (Å²) in [5, 5.41) is 8.57. The van der Waals surface area contributed by atoms with Gasteiger partial charge in [-0.1, -0.05) is 45.8 Å². The number of aliphatic carboxylic acids is 1. The molecule has 0 fully saturated rings. The van der Waals surface area contributed by atoms with E-state index < -0.39 is 11.2 Å². The van der Waals surface area contributed by atoms with E-state index in [1.165, 1.54) is 11.8 Å². The summed E-state index contributed by atoms with van der Waals surface area (Å²) in [6.07, 6.45) is -0.0322. The van der Waals surface area contributed by atoms with Crippen LogP contribution in [0.2, 0.25) is 0 Å². The van der Waals surface area contributed by atoms with Gasteiger partial charge in [-0.15, -0.1) is 11.8 Å². The lowest BCUT2D eigenvalue weighted by Gasteiger charge is -2.12. The number of carboxylic acid groups (broad SMARTS) is 1. The zero-order valence-corrected chi connectivity index (χ0v) is 14.4. The summed E-state index contributed by atoms with van der Waals surface area (Å²) in [5.74, 6) is -1.14. The first kappa shape index (κ1) is 16.8. The number of Topliss-reactive ketones (excluding diaryl/α,β-unsaturated/α-hetero) is 1. The summed E-state index contributed by atoms with van der Waals surface area (Å²) in [7, 11) is 0. The highest BCUT2D eigenvalue weighted by atomic mass is 79.9. The molecule has 1 atom stereocenters. The van der Waals surface area contributed by atoms with Crippen LogP contribution < -0.4 is 0 Å². The molecule has 114 valence electrons. The van der Waals surface area contributed by atoms with Crippen LogP contribution in [0.1, 0.15) is 22.3 Å². The van der Waals surface area contributed by atoms with Gasteiger partial charge in [0.05, 0.1) is 0 Å². The van der Waals surface area contributed by atoms with Crippen LogP contribution in [0.4, 0.5) is 0 Å². The monoisotopic (exact) mass is 378 g/mol. The van der Waals surface area contributed by atoms with E-state index in [4.69, 9.17) is 0 Å². The van der Waals surface area contributed by atoms with Gasteiger partial charge < -0.3 is 5.11 Å². The van der Waals surface area contributed by atoms with Gasteiger partial charge in [0.25, 0.3) is 0 Å². The number of hydrogen-bond acceptors (Lipinski definition) is 3. The molecule has 2 aromatic carbocycles. The summed E-state index contributed by atoms with van der Waals surface area (Å²) in [6, 6.07) is 14.6. The zero-order valence-electron chi connectivity index (χ0n) is 12.0. The van der Waals surface area contributed by atoms with E-state index in [-0.39, 0.29) is 12.2 Å². The van der Waals surface area contributed by atoms with Crippen molar-refractivity contribution in [3.63, 3.8) is 0 Å². The van der Waals surface area contributed by atoms with Crippen LogP contribution >= 0.6 is 27.7 Å². The Bertz CT molecular complexity index is 683. The summed E-state index contributed by atoms with van der Waals surface area (Å²) in [4.78, 5) is 24.5. The van der Waals surface area contributed by atoms with Crippen LogP contribution in [-0.2, 0) is 4.79 Å². The fourth-order valence-electron chi connectivity index (χ4n) is 1.95. The Kier molecular flexibility index (Phi) is 5.80. The van der Waals surface area contributed by atoms with Crippen molar-refractivity contribution in [3.05, 3.63) is 64.1 Å². The molecule has 0 spiro atoms. The molecule has 0 heterocycles. The minimum absolute atomic E-state index is 0.0322. The fraction of sp³-hybridized carbons (Fsp3) is 0.176. The molecule has 0 aliphatic carbocycles. The average Bonchev–Trinajstić information content (AvgIpc) is 2.47. The largest absolute Gasteiger partial charge is 0.480 e. The molecule has 0 saturated heterocycles. The average molecular weight is 379 g/mol. The lowest BCUT2D eigenvalue weighted by molar-refractivity contribution is -0.136. The van der Waals surface area contributed by atoms with Crippen LogP contribution in [-0.4, -0.2) is 22.1 Å². The maximum absolute atomic E-state index is 12.2. The van der Waals surface area contributed by atoms with Gasteiger partial charge in [-0.3, -0.25) is 9.59 Å². The van der Waals surface area contributed by atoms with Gasteiger partial charge >= 0.3 is 5.97 Å².